The summed E-state index contributed by atoms with van der Waals surface area (Å²) in [6, 6.07) is 13.0. The molecule has 0 aliphatic carbocycles. The molecule has 34 heavy (non-hydrogen) atoms. The van der Waals surface area contributed by atoms with Gasteiger partial charge in [-0.05, 0) is 53.6 Å². The second kappa shape index (κ2) is 10.3. The van der Waals surface area contributed by atoms with E-state index in [4.69, 9.17) is 4.74 Å². The van der Waals surface area contributed by atoms with E-state index >= 15 is 0 Å². The number of hydrogen-bond donors (Lipinski definition) is 1. The molecule has 0 bridgehead atoms. The Kier molecular flexibility index (Phi) is 7.17. The van der Waals surface area contributed by atoms with Gasteiger partial charge in [0.15, 0.2) is 6.33 Å². The molecule has 1 aromatic heterocycles. The monoisotopic (exact) mass is 489 g/mol. The average molecular weight is 490 g/mol. The predicted octanol–water partition coefficient (Wildman–Crippen LogP) is 2.02. The van der Waals surface area contributed by atoms with Crippen molar-refractivity contribution in [3.8, 4) is 5.75 Å². The van der Waals surface area contributed by atoms with Gasteiger partial charge >= 0.3 is 0 Å². The van der Waals surface area contributed by atoms with Crippen LogP contribution >= 0.6 is 0 Å². The minimum atomic E-state index is -4.22. The van der Waals surface area contributed by atoms with Crippen LogP contribution in [0.25, 0.3) is 0 Å². The highest BCUT2D eigenvalue weighted by molar-refractivity contribution is 7.85. The number of carbonyl (C=O) groups excluding carboxylic acids is 1. The van der Waals surface area contributed by atoms with Crippen LogP contribution in [-0.2, 0) is 16.7 Å². The highest BCUT2D eigenvalue weighted by Gasteiger charge is 2.28. The lowest BCUT2D eigenvalue weighted by Crippen LogP contribution is -2.28. The fourth-order valence-electron chi connectivity index (χ4n) is 4.00. The first-order valence-electron chi connectivity index (χ1n) is 10.7. The highest BCUT2D eigenvalue weighted by atomic mass is 32.2. The van der Waals surface area contributed by atoms with Crippen molar-refractivity contribution in [3.63, 3.8) is 0 Å². The number of tetrazole rings is 1. The predicted molar refractivity (Wildman–Crippen MR) is 119 cm³/mol. The van der Waals surface area contributed by atoms with Gasteiger partial charge in [0.25, 0.3) is 16.0 Å². The molecule has 2 aromatic carbocycles. The smallest absolute Gasteiger partial charge is 0.265 e. The molecule has 1 N–H and O–H groups in total. The number of carbonyl (C=O) groups is 1. The summed E-state index contributed by atoms with van der Waals surface area (Å²) in [6.45, 7) is 1.27. The molecule has 2 heterocycles. The summed E-state index contributed by atoms with van der Waals surface area (Å²) >= 11 is 0. The van der Waals surface area contributed by atoms with E-state index in [0.717, 1.165) is 12.0 Å². The first-order chi connectivity index (χ1) is 16.3. The summed E-state index contributed by atoms with van der Waals surface area (Å²) in [7, 11) is -4.22. The minimum Gasteiger partial charge on any atom is -0.493 e. The largest absolute Gasteiger partial charge is 0.493 e. The molecule has 1 amide bonds. The van der Waals surface area contributed by atoms with Crippen LogP contribution in [0.2, 0.25) is 0 Å². The van der Waals surface area contributed by atoms with E-state index in [0.29, 0.717) is 24.4 Å². The summed E-state index contributed by atoms with van der Waals surface area (Å²) in [6.07, 6.45) is 2.04. The third-order valence-corrected chi connectivity index (χ3v) is 6.56. The van der Waals surface area contributed by atoms with Gasteiger partial charge in [0, 0.05) is 30.5 Å². The van der Waals surface area contributed by atoms with E-state index in [1.807, 2.05) is 0 Å². The van der Waals surface area contributed by atoms with Crippen LogP contribution in [0, 0.1) is 11.7 Å². The molecule has 1 fully saturated rings. The minimum absolute atomic E-state index is 0.0138. The Morgan fingerprint density at radius 1 is 1.18 bits per heavy atom. The Hall–Kier alpha value is -3.38. The Morgan fingerprint density at radius 2 is 1.91 bits per heavy atom. The molecule has 0 saturated carbocycles. The molecule has 0 radical (unpaired) electrons. The number of benzene rings is 2. The summed E-state index contributed by atoms with van der Waals surface area (Å²) in [5, 5.41) is 11.1. The normalized spacial score (nSPS) is 17.0. The summed E-state index contributed by atoms with van der Waals surface area (Å²) in [4.78, 5) is 15.9. The molecule has 2 atom stereocenters. The van der Waals surface area contributed by atoms with Crippen LogP contribution in [0.4, 0.5) is 4.39 Å². The number of rotatable bonds is 9. The van der Waals surface area contributed by atoms with E-state index in [-0.39, 0.29) is 30.8 Å². The topological polar surface area (TPSA) is 128 Å². The standard InChI is InChI=1S/C22H24FN5O5S/c23-20-5-1-17(2-6-20)19-9-10-27(12-19)22(29)18-3-7-21(8-4-18)33-13-16(14-34(30,31)32)11-28-25-15-24-26-28/h1-8,15-16,19H,9-14H2,(H,30,31,32)/t16-,19-/m0/s1. The van der Waals surface area contributed by atoms with Gasteiger partial charge in [-0.15, -0.1) is 10.2 Å². The van der Waals surface area contributed by atoms with Crippen molar-refractivity contribution >= 4 is 16.0 Å². The first kappa shape index (κ1) is 23.8. The molecule has 3 aromatic rings. The molecule has 4 rings (SSSR count). The second-order valence-electron chi connectivity index (χ2n) is 8.23. The van der Waals surface area contributed by atoms with Gasteiger partial charge in [0.1, 0.15) is 11.6 Å². The van der Waals surface area contributed by atoms with Gasteiger partial charge in [0.2, 0.25) is 0 Å². The lowest BCUT2D eigenvalue weighted by molar-refractivity contribution is 0.0790. The number of halogens is 1. The van der Waals surface area contributed by atoms with Gasteiger partial charge in [-0.2, -0.15) is 13.2 Å². The van der Waals surface area contributed by atoms with E-state index in [1.165, 1.54) is 23.3 Å². The number of hydrogen-bond acceptors (Lipinski definition) is 7. The van der Waals surface area contributed by atoms with Crippen LogP contribution in [0.3, 0.4) is 0 Å². The van der Waals surface area contributed by atoms with Crippen molar-refractivity contribution < 1.29 is 26.9 Å². The fraction of sp³-hybridized carbons (Fsp3) is 0.364. The molecule has 1 aliphatic heterocycles. The van der Waals surface area contributed by atoms with Crippen molar-refractivity contribution in [1.29, 1.82) is 0 Å². The third-order valence-electron chi connectivity index (χ3n) is 5.66. The van der Waals surface area contributed by atoms with Gasteiger partial charge in [-0.3, -0.25) is 9.35 Å². The number of nitrogens with zero attached hydrogens (tertiary/aromatic N) is 5. The molecule has 12 heteroatoms. The molecule has 1 saturated heterocycles. The van der Waals surface area contributed by atoms with Crippen LogP contribution in [0.1, 0.15) is 28.3 Å². The molecule has 10 nitrogen and oxygen atoms in total. The number of likely N-dealkylation sites (tertiary alicyclic amines) is 1. The van der Waals surface area contributed by atoms with Crippen LogP contribution < -0.4 is 4.74 Å². The van der Waals surface area contributed by atoms with E-state index in [9.17, 15) is 22.2 Å². The Balaban J connectivity index is 1.33. The molecule has 0 unspecified atom stereocenters. The summed E-state index contributed by atoms with van der Waals surface area (Å²) < 4.78 is 50.7. The molecular weight excluding hydrogens is 465 g/mol. The molecule has 180 valence electrons. The Labute approximate surface area is 196 Å². The van der Waals surface area contributed by atoms with Crippen molar-refractivity contribution in [2.24, 2.45) is 5.92 Å². The summed E-state index contributed by atoms with van der Waals surface area (Å²) in [5.74, 6) is -0.886. The number of ether oxygens (including phenoxy) is 1. The lowest BCUT2D eigenvalue weighted by atomic mass is 9.99. The molecular formula is C22H24FN5O5S. The maximum atomic E-state index is 13.2. The summed E-state index contributed by atoms with van der Waals surface area (Å²) in [5.41, 5.74) is 1.52. The third kappa shape index (κ3) is 6.35. The number of amides is 1. The SMILES string of the molecule is O=C(c1ccc(OC[C@H](Cn2ncnn2)CS(=O)(=O)O)cc1)N1CC[C@H](c2ccc(F)cc2)C1. The average Bonchev–Trinajstić information content (AvgIpc) is 3.49. The lowest BCUT2D eigenvalue weighted by Gasteiger charge is -2.18. The van der Waals surface area contributed by atoms with Gasteiger partial charge < -0.3 is 9.64 Å². The van der Waals surface area contributed by atoms with Crippen LogP contribution in [0.15, 0.2) is 54.9 Å². The first-order valence-corrected chi connectivity index (χ1v) is 12.3. The highest BCUT2D eigenvalue weighted by Crippen LogP contribution is 2.28. The Morgan fingerprint density at radius 3 is 2.56 bits per heavy atom. The van der Waals surface area contributed by atoms with Gasteiger partial charge in [-0.25, -0.2) is 4.39 Å². The van der Waals surface area contributed by atoms with Crippen molar-refractivity contribution in [1.82, 2.24) is 25.1 Å². The van der Waals surface area contributed by atoms with Crippen molar-refractivity contribution in [3.05, 3.63) is 71.8 Å². The van der Waals surface area contributed by atoms with Gasteiger partial charge in [-0.1, -0.05) is 12.1 Å². The molecule has 1 aliphatic rings. The maximum absolute atomic E-state index is 13.2. The van der Waals surface area contributed by atoms with Crippen molar-refractivity contribution in [2.75, 3.05) is 25.4 Å². The fourth-order valence-corrected chi connectivity index (χ4v) is 4.79. The maximum Gasteiger partial charge on any atom is 0.265 e. The van der Waals surface area contributed by atoms with Crippen LogP contribution in [-0.4, -0.2) is 69.4 Å². The molecule has 0 spiro atoms. The van der Waals surface area contributed by atoms with Crippen LogP contribution in [0.5, 0.6) is 5.75 Å². The zero-order valence-corrected chi connectivity index (χ0v) is 19.0. The van der Waals surface area contributed by atoms with E-state index in [1.54, 1.807) is 41.3 Å². The number of aromatic nitrogens is 4. The van der Waals surface area contributed by atoms with E-state index < -0.39 is 21.8 Å². The zero-order valence-electron chi connectivity index (χ0n) is 18.2. The second-order valence-corrected chi connectivity index (χ2v) is 9.73. The Bertz CT molecular complexity index is 1200. The van der Waals surface area contributed by atoms with Crippen molar-refractivity contribution in [2.45, 2.75) is 18.9 Å². The quantitative estimate of drug-likeness (QED) is 0.452. The zero-order chi connectivity index (χ0) is 24.1. The van der Waals surface area contributed by atoms with E-state index in [2.05, 4.69) is 15.4 Å². The van der Waals surface area contributed by atoms with Gasteiger partial charge in [0.05, 0.1) is 18.9 Å².